The normalized spacial score (nSPS) is 13.0. The number of aromatic nitrogens is 5. The minimum absolute atomic E-state index is 0.264. The monoisotopic (exact) mass is 492 g/mol. The van der Waals surface area contributed by atoms with Crippen molar-refractivity contribution in [2.24, 2.45) is 7.05 Å². The van der Waals surface area contributed by atoms with E-state index in [4.69, 9.17) is 21.1 Å². The zero-order valence-electron chi connectivity index (χ0n) is 19.7. The molecule has 3 heterocycles. The van der Waals surface area contributed by atoms with Crippen LogP contribution in [0.5, 0.6) is 11.5 Å². The van der Waals surface area contributed by atoms with E-state index in [9.17, 15) is 4.79 Å². The smallest absolute Gasteiger partial charge is 0.255 e. The number of amides is 1. The second-order valence-electron chi connectivity index (χ2n) is 8.90. The van der Waals surface area contributed by atoms with Crippen LogP contribution in [0.25, 0.3) is 11.3 Å². The predicted octanol–water partition coefficient (Wildman–Crippen LogP) is 3.82. The number of carbonyl (C=O) groups is 1. The first kappa shape index (κ1) is 22.9. The summed E-state index contributed by atoms with van der Waals surface area (Å²) in [6, 6.07) is 13.2. The minimum atomic E-state index is -0.769. The van der Waals surface area contributed by atoms with E-state index in [0.29, 0.717) is 53.2 Å². The third-order valence-corrected chi connectivity index (χ3v) is 6.11. The molecule has 180 valence electrons. The SMILES string of the molecule is Cn1ncc(C(=O)NC(C)(C)c2cn(Cc3ccc(Cl)cc3)nn2)c1-c1ccc2c(c1)OCCO2. The van der Waals surface area contributed by atoms with Crippen molar-refractivity contribution >= 4 is 17.5 Å². The Morgan fingerprint density at radius 1 is 1.11 bits per heavy atom. The van der Waals surface area contributed by atoms with Crippen molar-refractivity contribution in [3.8, 4) is 22.8 Å². The number of fused-ring (bicyclic) bond motifs is 1. The number of halogens is 1. The van der Waals surface area contributed by atoms with Gasteiger partial charge in [-0.05, 0) is 49.7 Å². The Hall–Kier alpha value is -3.85. The van der Waals surface area contributed by atoms with Crippen LogP contribution in [0.2, 0.25) is 5.02 Å². The minimum Gasteiger partial charge on any atom is -0.486 e. The number of hydrogen-bond donors (Lipinski definition) is 1. The highest BCUT2D eigenvalue weighted by molar-refractivity contribution is 6.30. The van der Waals surface area contributed by atoms with Gasteiger partial charge in [0, 0.05) is 17.6 Å². The van der Waals surface area contributed by atoms with Gasteiger partial charge in [-0.1, -0.05) is 28.9 Å². The number of nitrogens with one attached hydrogen (secondary N) is 1. The third-order valence-electron chi connectivity index (χ3n) is 5.86. The lowest BCUT2D eigenvalue weighted by Crippen LogP contribution is -2.41. The molecular formula is C25H25ClN6O3. The summed E-state index contributed by atoms with van der Waals surface area (Å²) in [6.45, 7) is 5.33. The van der Waals surface area contributed by atoms with Gasteiger partial charge in [-0.25, -0.2) is 4.68 Å². The van der Waals surface area contributed by atoms with Gasteiger partial charge in [-0.3, -0.25) is 9.48 Å². The van der Waals surface area contributed by atoms with Gasteiger partial charge in [0.15, 0.2) is 11.5 Å². The molecule has 5 rings (SSSR count). The van der Waals surface area contributed by atoms with Crippen LogP contribution in [0.4, 0.5) is 0 Å². The molecular weight excluding hydrogens is 468 g/mol. The quantitative estimate of drug-likeness (QED) is 0.439. The van der Waals surface area contributed by atoms with E-state index < -0.39 is 5.54 Å². The van der Waals surface area contributed by atoms with E-state index in [1.807, 2.05) is 62.5 Å². The third kappa shape index (κ3) is 4.72. The molecule has 0 saturated heterocycles. The summed E-state index contributed by atoms with van der Waals surface area (Å²) in [5.74, 6) is 1.08. The number of nitrogens with zero attached hydrogens (tertiary/aromatic N) is 5. The number of carbonyl (C=O) groups excluding carboxylic acids is 1. The maximum Gasteiger partial charge on any atom is 0.255 e. The molecule has 0 bridgehead atoms. The average molecular weight is 493 g/mol. The molecule has 1 amide bonds. The Balaban J connectivity index is 1.35. The number of aryl methyl sites for hydroxylation is 1. The molecule has 1 aliphatic rings. The maximum absolute atomic E-state index is 13.4. The van der Waals surface area contributed by atoms with Crippen LogP contribution in [0, 0.1) is 0 Å². The molecule has 2 aromatic carbocycles. The van der Waals surface area contributed by atoms with Crippen molar-refractivity contribution in [1.82, 2.24) is 30.1 Å². The van der Waals surface area contributed by atoms with E-state index in [1.165, 1.54) is 0 Å². The average Bonchev–Trinajstić information content (AvgIpc) is 3.47. The molecule has 4 aromatic rings. The number of hydrogen-bond acceptors (Lipinski definition) is 6. The van der Waals surface area contributed by atoms with Crippen LogP contribution in [0.3, 0.4) is 0 Å². The molecule has 1 N–H and O–H groups in total. The fourth-order valence-corrected chi connectivity index (χ4v) is 4.12. The van der Waals surface area contributed by atoms with E-state index >= 15 is 0 Å². The molecule has 1 aliphatic heterocycles. The van der Waals surface area contributed by atoms with Crippen LogP contribution in [-0.2, 0) is 19.1 Å². The standard InChI is InChI=1S/C25H25ClN6O3/c1-25(2,22-15-32(30-29-22)14-16-4-7-18(26)8-5-16)28-24(33)19-13-27-31(3)23(19)17-6-9-20-21(12-17)35-11-10-34-20/h4-9,12-13,15H,10-11,14H2,1-3H3,(H,28,33). The summed E-state index contributed by atoms with van der Waals surface area (Å²) < 4.78 is 14.7. The Morgan fingerprint density at radius 3 is 2.63 bits per heavy atom. The van der Waals surface area contributed by atoms with E-state index in [2.05, 4.69) is 20.7 Å². The van der Waals surface area contributed by atoms with Crippen molar-refractivity contribution in [3.05, 3.63) is 76.7 Å². The van der Waals surface area contributed by atoms with Crippen molar-refractivity contribution in [2.75, 3.05) is 13.2 Å². The molecule has 10 heteroatoms. The lowest BCUT2D eigenvalue weighted by molar-refractivity contribution is 0.0911. The highest BCUT2D eigenvalue weighted by atomic mass is 35.5. The Labute approximate surface area is 207 Å². The fourth-order valence-electron chi connectivity index (χ4n) is 3.99. The Bertz CT molecular complexity index is 1380. The first-order valence-electron chi connectivity index (χ1n) is 11.2. The van der Waals surface area contributed by atoms with Crippen LogP contribution < -0.4 is 14.8 Å². The zero-order chi connectivity index (χ0) is 24.6. The zero-order valence-corrected chi connectivity index (χ0v) is 20.4. The summed E-state index contributed by atoms with van der Waals surface area (Å²) in [6.07, 6.45) is 3.40. The van der Waals surface area contributed by atoms with Gasteiger partial charge in [-0.15, -0.1) is 5.10 Å². The largest absolute Gasteiger partial charge is 0.486 e. The van der Waals surface area contributed by atoms with E-state index in [1.54, 1.807) is 22.6 Å². The molecule has 0 atom stereocenters. The molecule has 2 aromatic heterocycles. The summed E-state index contributed by atoms with van der Waals surface area (Å²) >= 11 is 5.97. The number of ether oxygens (including phenoxy) is 2. The van der Waals surface area contributed by atoms with Crippen molar-refractivity contribution in [2.45, 2.75) is 25.9 Å². The maximum atomic E-state index is 13.4. The molecule has 0 aliphatic carbocycles. The second kappa shape index (κ2) is 9.07. The molecule has 0 saturated carbocycles. The van der Waals surface area contributed by atoms with Gasteiger partial charge in [0.25, 0.3) is 5.91 Å². The van der Waals surface area contributed by atoms with Crippen LogP contribution in [0.1, 0.15) is 35.5 Å². The van der Waals surface area contributed by atoms with E-state index in [-0.39, 0.29) is 5.91 Å². The van der Waals surface area contributed by atoms with Crippen LogP contribution in [0.15, 0.2) is 54.9 Å². The summed E-state index contributed by atoms with van der Waals surface area (Å²) in [7, 11) is 1.80. The highest BCUT2D eigenvalue weighted by Crippen LogP contribution is 2.35. The van der Waals surface area contributed by atoms with Crippen molar-refractivity contribution in [3.63, 3.8) is 0 Å². The van der Waals surface area contributed by atoms with Crippen molar-refractivity contribution < 1.29 is 14.3 Å². The highest BCUT2D eigenvalue weighted by Gasteiger charge is 2.29. The summed E-state index contributed by atoms with van der Waals surface area (Å²) in [5.41, 5.74) is 2.87. The van der Waals surface area contributed by atoms with Gasteiger partial charge in [0.05, 0.1) is 35.7 Å². The summed E-state index contributed by atoms with van der Waals surface area (Å²) in [4.78, 5) is 13.4. The van der Waals surface area contributed by atoms with Crippen LogP contribution in [-0.4, -0.2) is 43.9 Å². The molecule has 35 heavy (non-hydrogen) atoms. The molecule has 0 spiro atoms. The van der Waals surface area contributed by atoms with Gasteiger partial charge < -0.3 is 14.8 Å². The van der Waals surface area contributed by atoms with Gasteiger partial charge in [-0.2, -0.15) is 5.10 Å². The first-order valence-corrected chi connectivity index (χ1v) is 11.6. The van der Waals surface area contributed by atoms with Crippen molar-refractivity contribution in [1.29, 1.82) is 0 Å². The van der Waals surface area contributed by atoms with Gasteiger partial charge in [0.1, 0.15) is 18.9 Å². The lowest BCUT2D eigenvalue weighted by Gasteiger charge is -2.24. The predicted molar refractivity (Wildman–Crippen MR) is 131 cm³/mol. The second-order valence-corrected chi connectivity index (χ2v) is 9.33. The molecule has 0 fully saturated rings. The Morgan fingerprint density at radius 2 is 1.86 bits per heavy atom. The lowest BCUT2D eigenvalue weighted by atomic mass is 10.00. The topological polar surface area (TPSA) is 96.1 Å². The van der Waals surface area contributed by atoms with Crippen LogP contribution >= 0.6 is 11.6 Å². The number of benzene rings is 2. The van der Waals surface area contributed by atoms with E-state index in [0.717, 1.165) is 11.1 Å². The fraction of sp³-hybridized carbons (Fsp3) is 0.280. The molecule has 0 radical (unpaired) electrons. The molecule has 0 unspecified atom stereocenters. The molecule has 9 nitrogen and oxygen atoms in total. The van der Waals surface area contributed by atoms with Gasteiger partial charge in [0.2, 0.25) is 0 Å². The number of rotatable bonds is 6. The Kier molecular flexibility index (Phi) is 5.94. The summed E-state index contributed by atoms with van der Waals surface area (Å²) in [5, 5.41) is 16.6. The first-order chi connectivity index (χ1) is 16.8. The van der Waals surface area contributed by atoms with Gasteiger partial charge >= 0.3 is 0 Å².